The number of ether oxygens (including phenoxy) is 1. The van der Waals surface area contributed by atoms with Gasteiger partial charge in [0.2, 0.25) is 5.88 Å². The summed E-state index contributed by atoms with van der Waals surface area (Å²) in [5, 5.41) is 6.37. The number of urea groups is 1. The molecule has 1 aliphatic rings. The van der Waals surface area contributed by atoms with Gasteiger partial charge in [-0.15, -0.1) is 0 Å². The molecular formula is C18H21Cl2N5O3S. The first-order valence-electron chi connectivity index (χ1n) is 9.08. The molecule has 0 bridgehead atoms. The lowest BCUT2D eigenvalue weighted by Gasteiger charge is -2.14. The Kier molecular flexibility index (Phi) is 7.54. The third kappa shape index (κ3) is 5.72. The van der Waals surface area contributed by atoms with Crippen LogP contribution >= 0.6 is 34.7 Å². The van der Waals surface area contributed by atoms with Crippen molar-refractivity contribution in [3.05, 3.63) is 39.4 Å². The fraction of sp³-hybridized carbons (Fsp3) is 0.389. The van der Waals surface area contributed by atoms with E-state index in [-0.39, 0.29) is 23.1 Å². The molecule has 0 atom stereocenters. The topological polar surface area (TPSA) is 110 Å². The number of nitrogens with two attached hydrogens (primary N) is 1. The van der Waals surface area contributed by atoms with Crippen LogP contribution in [0.25, 0.3) is 0 Å². The maximum atomic E-state index is 12.1. The molecule has 4 N–H and O–H groups in total. The number of nitrogens with zero attached hydrogens (tertiary/aromatic N) is 2. The fourth-order valence-corrected chi connectivity index (χ4v) is 4.07. The van der Waals surface area contributed by atoms with Crippen LogP contribution in [0.2, 0.25) is 10.0 Å². The van der Waals surface area contributed by atoms with Crippen molar-refractivity contribution in [2.75, 3.05) is 31.5 Å². The maximum absolute atomic E-state index is 12.1. The molecule has 1 aromatic carbocycles. The van der Waals surface area contributed by atoms with Crippen LogP contribution in [0.4, 0.5) is 9.80 Å². The predicted molar refractivity (Wildman–Crippen MR) is 114 cm³/mol. The van der Waals surface area contributed by atoms with Crippen LogP contribution in [0.5, 0.6) is 5.88 Å². The SMILES string of the molecule is NC(=O)c1c(OCc2cccc(Cl)c2Cl)nsc1NC(=O)NCCN1CCCC1. The Morgan fingerprint density at radius 2 is 2.03 bits per heavy atom. The number of aromatic nitrogens is 1. The van der Waals surface area contributed by atoms with Gasteiger partial charge in [-0.1, -0.05) is 35.3 Å². The number of nitrogens with one attached hydrogen (secondary N) is 2. The van der Waals surface area contributed by atoms with E-state index in [0.29, 0.717) is 22.2 Å². The minimum absolute atomic E-state index is 0.0165. The number of hydrogen-bond donors (Lipinski definition) is 3. The van der Waals surface area contributed by atoms with Crippen molar-refractivity contribution in [1.82, 2.24) is 14.6 Å². The quantitative estimate of drug-likeness (QED) is 0.562. The Labute approximate surface area is 182 Å². The van der Waals surface area contributed by atoms with Gasteiger partial charge < -0.3 is 20.7 Å². The van der Waals surface area contributed by atoms with Gasteiger partial charge in [0.15, 0.2) is 0 Å². The first-order valence-corrected chi connectivity index (χ1v) is 10.6. The number of carbonyl (C=O) groups is 2. The first-order chi connectivity index (χ1) is 14.0. The number of primary amides is 1. The maximum Gasteiger partial charge on any atom is 0.319 e. The van der Waals surface area contributed by atoms with Gasteiger partial charge in [-0.2, -0.15) is 4.37 Å². The smallest absolute Gasteiger partial charge is 0.319 e. The van der Waals surface area contributed by atoms with Crippen molar-refractivity contribution in [2.45, 2.75) is 19.4 Å². The monoisotopic (exact) mass is 457 g/mol. The molecule has 1 fully saturated rings. The molecule has 156 valence electrons. The average Bonchev–Trinajstić information content (AvgIpc) is 3.33. The molecule has 1 aromatic heterocycles. The molecule has 1 aliphatic heterocycles. The van der Waals surface area contributed by atoms with Gasteiger partial charge in [0.1, 0.15) is 17.2 Å². The van der Waals surface area contributed by atoms with E-state index in [1.165, 1.54) is 12.8 Å². The molecule has 0 aliphatic carbocycles. The molecule has 0 spiro atoms. The highest BCUT2D eigenvalue weighted by atomic mass is 35.5. The number of hydrogen-bond acceptors (Lipinski definition) is 6. The number of likely N-dealkylation sites (tertiary alicyclic amines) is 1. The number of carbonyl (C=O) groups excluding carboxylic acids is 2. The van der Waals surface area contributed by atoms with Crippen LogP contribution in [0.3, 0.4) is 0 Å². The molecule has 8 nitrogen and oxygen atoms in total. The molecule has 2 aromatic rings. The van der Waals surface area contributed by atoms with Crippen LogP contribution in [0.15, 0.2) is 18.2 Å². The number of benzene rings is 1. The van der Waals surface area contributed by atoms with Gasteiger partial charge >= 0.3 is 6.03 Å². The van der Waals surface area contributed by atoms with Crippen LogP contribution < -0.4 is 21.1 Å². The van der Waals surface area contributed by atoms with Crippen molar-refractivity contribution >= 4 is 51.7 Å². The number of rotatable bonds is 8. The van der Waals surface area contributed by atoms with Crippen LogP contribution in [-0.4, -0.2) is 47.4 Å². The molecular weight excluding hydrogens is 437 g/mol. The van der Waals surface area contributed by atoms with Crippen LogP contribution in [-0.2, 0) is 6.61 Å². The standard InChI is InChI=1S/C18H21Cl2N5O3S/c19-12-5-3-4-11(14(12)20)10-28-16-13(15(21)26)17(29-24-16)23-18(27)22-6-9-25-7-1-2-8-25/h3-5H,1-2,6-10H2,(H2,21,26)(H2,22,23,27). The van der Waals surface area contributed by atoms with E-state index in [9.17, 15) is 9.59 Å². The summed E-state index contributed by atoms with van der Waals surface area (Å²) in [5.41, 5.74) is 6.12. The lowest BCUT2D eigenvalue weighted by atomic mass is 10.2. The zero-order valence-corrected chi connectivity index (χ0v) is 17.9. The Balaban J connectivity index is 1.59. The second-order valence-corrected chi connectivity index (χ2v) is 8.05. The second kappa shape index (κ2) is 10.1. The molecule has 0 saturated carbocycles. The van der Waals surface area contributed by atoms with Crippen molar-refractivity contribution in [3.63, 3.8) is 0 Å². The average molecular weight is 458 g/mol. The Hall–Kier alpha value is -2.07. The van der Waals surface area contributed by atoms with Crippen molar-refractivity contribution < 1.29 is 14.3 Å². The summed E-state index contributed by atoms with van der Waals surface area (Å²) in [6, 6.07) is 4.72. The number of anilines is 1. The van der Waals surface area contributed by atoms with Gasteiger partial charge in [0, 0.05) is 18.7 Å². The lowest BCUT2D eigenvalue weighted by Crippen LogP contribution is -2.36. The largest absolute Gasteiger partial charge is 0.472 e. The first kappa shape index (κ1) is 21.6. The van der Waals surface area contributed by atoms with E-state index in [0.717, 1.165) is 31.2 Å². The third-order valence-electron chi connectivity index (χ3n) is 4.44. The Bertz CT molecular complexity index is 886. The third-order valence-corrected chi connectivity index (χ3v) is 6.05. The van der Waals surface area contributed by atoms with Crippen molar-refractivity contribution in [2.24, 2.45) is 5.73 Å². The normalized spacial score (nSPS) is 14.0. The summed E-state index contributed by atoms with van der Waals surface area (Å²) in [5.74, 6) is -0.718. The van der Waals surface area contributed by atoms with Gasteiger partial charge in [0.05, 0.1) is 10.0 Å². The summed E-state index contributed by atoms with van der Waals surface area (Å²) < 4.78 is 9.70. The highest BCUT2D eigenvalue weighted by molar-refractivity contribution is 7.11. The summed E-state index contributed by atoms with van der Waals surface area (Å²) in [7, 11) is 0. The summed E-state index contributed by atoms with van der Waals surface area (Å²) in [6.07, 6.45) is 2.39. The van der Waals surface area contributed by atoms with E-state index < -0.39 is 11.9 Å². The Morgan fingerprint density at radius 1 is 1.28 bits per heavy atom. The summed E-state index contributed by atoms with van der Waals surface area (Å²) in [4.78, 5) is 26.3. The molecule has 1 saturated heterocycles. The van der Waals surface area contributed by atoms with Gasteiger partial charge in [-0.05, 0) is 43.5 Å². The van der Waals surface area contributed by atoms with E-state index in [1.807, 2.05) is 0 Å². The molecule has 11 heteroatoms. The minimum atomic E-state index is -0.752. The number of amides is 3. The zero-order valence-electron chi connectivity index (χ0n) is 15.5. The highest BCUT2D eigenvalue weighted by Gasteiger charge is 2.22. The van der Waals surface area contributed by atoms with Gasteiger partial charge in [-0.3, -0.25) is 10.1 Å². The molecule has 29 heavy (non-hydrogen) atoms. The van der Waals surface area contributed by atoms with Gasteiger partial charge in [0.25, 0.3) is 5.91 Å². The van der Waals surface area contributed by atoms with E-state index in [4.69, 9.17) is 33.7 Å². The summed E-state index contributed by atoms with van der Waals surface area (Å²) >= 11 is 13.0. The molecule has 3 amide bonds. The van der Waals surface area contributed by atoms with Crippen LogP contribution in [0, 0.1) is 0 Å². The number of halogens is 2. The van der Waals surface area contributed by atoms with Gasteiger partial charge in [-0.25, -0.2) is 4.79 Å². The predicted octanol–water partition coefficient (Wildman–Crippen LogP) is 3.35. The van der Waals surface area contributed by atoms with Crippen LogP contribution in [0.1, 0.15) is 28.8 Å². The lowest BCUT2D eigenvalue weighted by molar-refractivity contribution is 0.0996. The minimum Gasteiger partial charge on any atom is -0.472 e. The Morgan fingerprint density at radius 3 is 2.76 bits per heavy atom. The summed E-state index contributed by atoms with van der Waals surface area (Å²) in [6.45, 7) is 3.45. The van der Waals surface area contributed by atoms with Crippen molar-refractivity contribution in [1.29, 1.82) is 0 Å². The molecule has 3 rings (SSSR count). The molecule has 0 radical (unpaired) electrons. The molecule has 2 heterocycles. The van der Waals surface area contributed by atoms with E-state index >= 15 is 0 Å². The zero-order chi connectivity index (χ0) is 20.8. The molecule has 0 unspecified atom stereocenters. The highest BCUT2D eigenvalue weighted by Crippen LogP contribution is 2.32. The van der Waals surface area contributed by atoms with E-state index in [2.05, 4.69) is 19.9 Å². The second-order valence-electron chi connectivity index (χ2n) is 6.49. The van der Waals surface area contributed by atoms with Crippen molar-refractivity contribution in [3.8, 4) is 5.88 Å². The fourth-order valence-electron chi connectivity index (χ4n) is 2.96. The van der Waals surface area contributed by atoms with E-state index in [1.54, 1.807) is 18.2 Å².